The molecule has 5 rings (SSSR count). The Labute approximate surface area is 224 Å². The van der Waals surface area contributed by atoms with Gasteiger partial charge in [0.05, 0.1) is 24.1 Å². The summed E-state index contributed by atoms with van der Waals surface area (Å²) < 4.78 is 22.3. The molecule has 1 aliphatic rings. The number of likely N-dealkylation sites (tertiary alicyclic amines) is 1. The number of nitrogens with two attached hydrogens (primary N) is 2. The van der Waals surface area contributed by atoms with Crippen LogP contribution in [0.5, 0.6) is 5.75 Å². The van der Waals surface area contributed by atoms with E-state index in [-0.39, 0.29) is 29.8 Å². The van der Waals surface area contributed by atoms with Gasteiger partial charge in [-0.1, -0.05) is 18.7 Å². The molecule has 3 heterocycles. The predicted octanol–water partition coefficient (Wildman–Crippen LogP) is 3.26. The molecule has 4 N–H and O–H groups in total. The molecule has 0 saturated carbocycles. The Kier molecular flexibility index (Phi) is 6.97. The molecule has 200 valence electrons. The monoisotopic (exact) mass is 529 g/mol. The summed E-state index contributed by atoms with van der Waals surface area (Å²) in [6, 6.07) is 9.55. The number of halogens is 1. The summed E-state index contributed by atoms with van der Waals surface area (Å²) in [6.07, 6.45) is 4.43. The molecule has 4 aromatic rings. The van der Waals surface area contributed by atoms with Gasteiger partial charge in [0.1, 0.15) is 29.4 Å². The molecule has 1 fully saturated rings. The molecule has 1 atom stereocenters. The van der Waals surface area contributed by atoms with Gasteiger partial charge in [-0.3, -0.25) is 9.59 Å². The predicted molar refractivity (Wildman–Crippen MR) is 144 cm³/mol. The number of carbonyl (C=O) groups excluding carboxylic acids is 2. The molecular weight excluding hydrogens is 501 g/mol. The molecule has 0 unspecified atom stereocenters. The zero-order chi connectivity index (χ0) is 27.7. The topological polar surface area (TPSA) is 142 Å². The van der Waals surface area contributed by atoms with Crippen LogP contribution < -0.4 is 16.2 Å². The minimum absolute atomic E-state index is 0.131. The standard InChI is InChI=1S/C28H28FN7O3/c1-3-22(37)35-11-5-7-19(14-35)36-28-23(26(30)32-15-33-28)24(34-36)16-9-10-21(29)18(12-16)13-17-6-4-8-20(27(31)38)25(17)39-2/h3-4,6,8-10,12,15,19H,1,5,7,11,13-14H2,2H3,(H2,31,38)(H2,30,32,33)/t19-/m1/s1. The van der Waals surface area contributed by atoms with Crippen LogP contribution >= 0.6 is 0 Å². The van der Waals surface area contributed by atoms with Gasteiger partial charge in [-0.2, -0.15) is 5.10 Å². The van der Waals surface area contributed by atoms with Gasteiger partial charge in [-0.05, 0) is 54.3 Å². The highest BCUT2D eigenvalue weighted by Gasteiger charge is 2.28. The number of benzene rings is 2. The van der Waals surface area contributed by atoms with Crippen molar-refractivity contribution in [1.29, 1.82) is 0 Å². The Morgan fingerprint density at radius 1 is 1.23 bits per heavy atom. The molecule has 0 spiro atoms. The van der Waals surface area contributed by atoms with Crippen LogP contribution in [-0.2, 0) is 11.2 Å². The molecule has 2 aromatic carbocycles. The highest BCUT2D eigenvalue weighted by molar-refractivity contribution is 5.98. The first-order valence-corrected chi connectivity index (χ1v) is 12.5. The molecule has 1 aliphatic heterocycles. The second kappa shape index (κ2) is 10.5. The van der Waals surface area contributed by atoms with Crippen LogP contribution in [0.2, 0.25) is 0 Å². The van der Waals surface area contributed by atoms with E-state index in [1.165, 1.54) is 25.6 Å². The third kappa shape index (κ3) is 4.78. The number of primary amides is 1. The molecule has 11 heteroatoms. The SMILES string of the molecule is C=CC(=O)N1CCC[C@@H](n2nc(-c3ccc(F)c(Cc4cccc(C(N)=O)c4OC)c3)c3c(N)ncnc32)C1. The second-order valence-corrected chi connectivity index (χ2v) is 9.38. The van der Waals surface area contributed by atoms with E-state index in [4.69, 9.17) is 21.3 Å². The molecule has 0 aliphatic carbocycles. The number of nitrogens with zero attached hydrogens (tertiary/aromatic N) is 5. The van der Waals surface area contributed by atoms with Crippen LogP contribution in [0, 0.1) is 5.82 Å². The van der Waals surface area contributed by atoms with E-state index in [2.05, 4.69) is 16.5 Å². The maximum Gasteiger partial charge on any atom is 0.252 e. The van der Waals surface area contributed by atoms with Crippen LogP contribution in [0.3, 0.4) is 0 Å². The number of amides is 2. The third-order valence-corrected chi connectivity index (χ3v) is 7.01. The average Bonchev–Trinajstić information content (AvgIpc) is 3.34. The lowest BCUT2D eigenvalue weighted by atomic mass is 9.98. The molecule has 0 bridgehead atoms. The first kappa shape index (κ1) is 25.8. The largest absolute Gasteiger partial charge is 0.496 e. The van der Waals surface area contributed by atoms with Gasteiger partial charge in [0.15, 0.2) is 5.65 Å². The number of piperidine rings is 1. The average molecular weight is 530 g/mol. The minimum atomic E-state index is -0.633. The van der Waals surface area contributed by atoms with Crippen LogP contribution in [0.25, 0.3) is 22.3 Å². The van der Waals surface area contributed by atoms with E-state index in [1.54, 1.807) is 39.9 Å². The zero-order valence-corrected chi connectivity index (χ0v) is 21.4. The van der Waals surface area contributed by atoms with Gasteiger partial charge < -0.3 is 21.1 Å². The number of ether oxygens (including phenoxy) is 1. The van der Waals surface area contributed by atoms with Crippen LogP contribution in [0.4, 0.5) is 10.2 Å². The van der Waals surface area contributed by atoms with Crippen molar-refractivity contribution in [3.05, 3.63) is 77.9 Å². The number of aromatic nitrogens is 4. The Morgan fingerprint density at radius 2 is 2.05 bits per heavy atom. The fraction of sp³-hybridized carbons (Fsp3) is 0.250. The van der Waals surface area contributed by atoms with Crippen molar-refractivity contribution in [2.45, 2.75) is 25.3 Å². The summed E-state index contributed by atoms with van der Waals surface area (Å²) in [6.45, 7) is 4.70. The Balaban J connectivity index is 1.58. The molecule has 2 amide bonds. The second-order valence-electron chi connectivity index (χ2n) is 9.38. The summed E-state index contributed by atoms with van der Waals surface area (Å²) in [5.74, 6) is -0.643. The number of rotatable bonds is 7. The number of fused-ring (bicyclic) bond motifs is 1. The summed E-state index contributed by atoms with van der Waals surface area (Å²) in [5, 5.41) is 5.43. The Bertz CT molecular complexity index is 1600. The van der Waals surface area contributed by atoms with Gasteiger partial charge >= 0.3 is 0 Å². The van der Waals surface area contributed by atoms with E-state index in [0.29, 0.717) is 52.3 Å². The fourth-order valence-electron chi connectivity index (χ4n) is 5.16. The van der Waals surface area contributed by atoms with E-state index in [9.17, 15) is 9.59 Å². The van der Waals surface area contributed by atoms with Crippen LogP contribution in [0.15, 0.2) is 55.4 Å². The van der Waals surface area contributed by atoms with Crippen molar-refractivity contribution >= 4 is 28.7 Å². The number of anilines is 1. The van der Waals surface area contributed by atoms with Crippen LogP contribution in [0.1, 0.15) is 40.4 Å². The maximum absolute atomic E-state index is 15.1. The first-order chi connectivity index (χ1) is 18.8. The number of hydrogen-bond donors (Lipinski definition) is 2. The lowest BCUT2D eigenvalue weighted by Crippen LogP contribution is -2.40. The van der Waals surface area contributed by atoms with Gasteiger partial charge in [0.2, 0.25) is 5.91 Å². The van der Waals surface area contributed by atoms with Crippen LogP contribution in [-0.4, -0.2) is 56.7 Å². The molecular formula is C28H28FN7O3. The summed E-state index contributed by atoms with van der Waals surface area (Å²) in [7, 11) is 1.44. The quantitative estimate of drug-likeness (QED) is 0.350. The van der Waals surface area contributed by atoms with Gasteiger partial charge in [0.25, 0.3) is 5.91 Å². The van der Waals surface area contributed by atoms with Gasteiger partial charge in [-0.15, -0.1) is 0 Å². The number of carbonyl (C=O) groups is 2. The fourth-order valence-corrected chi connectivity index (χ4v) is 5.16. The van der Waals surface area contributed by atoms with E-state index in [0.717, 1.165) is 12.8 Å². The lowest BCUT2D eigenvalue weighted by molar-refractivity contribution is -0.127. The Morgan fingerprint density at radius 3 is 2.79 bits per heavy atom. The highest BCUT2D eigenvalue weighted by Crippen LogP contribution is 2.35. The van der Waals surface area contributed by atoms with Crippen molar-refractivity contribution < 1.29 is 18.7 Å². The smallest absolute Gasteiger partial charge is 0.252 e. The van der Waals surface area contributed by atoms with Crippen molar-refractivity contribution in [3.8, 4) is 17.0 Å². The third-order valence-electron chi connectivity index (χ3n) is 7.01. The lowest BCUT2D eigenvalue weighted by Gasteiger charge is -2.32. The molecule has 2 aromatic heterocycles. The summed E-state index contributed by atoms with van der Waals surface area (Å²) in [4.78, 5) is 34.5. The van der Waals surface area contributed by atoms with E-state index in [1.807, 2.05) is 0 Å². The van der Waals surface area contributed by atoms with Crippen molar-refractivity contribution in [2.24, 2.45) is 5.73 Å². The van der Waals surface area contributed by atoms with E-state index < -0.39 is 11.7 Å². The Hall–Kier alpha value is -4.80. The highest BCUT2D eigenvalue weighted by atomic mass is 19.1. The number of nitrogen functional groups attached to an aromatic ring is 1. The molecule has 0 radical (unpaired) electrons. The minimum Gasteiger partial charge on any atom is -0.496 e. The number of hydrogen-bond acceptors (Lipinski definition) is 7. The van der Waals surface area contributed by atoms with Gasteiger partial charge in [0, 0.05) is 25.1 Å². The maximum atomic E-state index is 15.1. The van der Waals surface area contributed by atoms with Crippen molar-refractivity contribution in [1.82, 2.24) is 24.6 Å². The number of para-hydroxylation sites is 1. The van der Waals surface area contributed by atoms with Crippen molar-refractivity contribution in [2.75, 3.05) is 25.9 Å². The van der Waals surface area contributed by atoms with E-state index >= 15 is 4.39 Å². The summed E-state index contributed by atoms with van der Waals surface area (Å²) in [5.41, 5.74) is 14.6. The summed E-state index contributed by atoms with van der Waals surface area (Å²) >= 11 is 0. The molecule has 39 heavy (non-hydrogen) atoms. The van der Waals surface area contributed by atoms with Gasteiger partial charge in [-0.25, -0.2) is 19.0 Å². The molecule has 1 saturated heterocycles. The molecule has 10 nitrogen and oxygen atoms in total. The normalized spacial score (nSPS) is 15.3. The zero-order valence-electron chi connectivity index (χ0n) is 21.4. The van der Waals surface area contributed by atoms with Crippen molar-refractivity contribution in [3.63, 3.8) is 0 Å². The number of methoxy groups -OCH3 is 1. The first-order valence-electron chi connectivity index (χ1n) is 12.5.